The number of hydrogen-bond acceptors (Lipinski definition) is 3. The highest BCUT2D eigenvalue weighted by molar-refractivity contribution is 14.0. The molecule has 0 radical (unpaired) electrons. The van der Waals surface area contributed by atoms with Crippen LogP contribution in [0.5, 0.6) is 0 Å². The van der Waals surface area contributed by atoms with Crippen molar-refractivity contribution >= 4 is 35.8 Å². The van der Waals surface area contributed by atoms with E-state index < -0.39 is 12.7 Å². The van der Waals surface area contributed by atoms with Gasteiger partial charge < -0.3 is 15.5 Å². The SMILES string of the molecule is CN=C(NC1CCN(CC(F)(F)F)C1)N1CCC(CC(=O)NC)CC1.I. The molecule has 2 fully saturated rings. The fourth-order valence-electron chi connectivity index (χ4n) is 3.54. The van der Waals surface area contributed by atoms with Gasteiger partial charge in [-0.2, -0.15) is 13.2 Å². The molecule has 2 heterocycles. The number of nitrogens with zero attached hydrogens (tertiary/aromatic N) is 3. The second-order valence-electron chi connectivity index (χ2n) is 6.84. The monoisotopic (exact) mass is 491 g/mol. The van der Waals surface area contributed by atoms with Crippen LogP contribution in [0, 0.1) is 5.92 Å². The molecular formula is C16H29F3IN5O. The number of piperidine rings is 1. The summed E-state index contributed by atoms with van der Waals surface area (Å²) in [6.45, 7) is 1.59. The Labute approximate surface area is 170 Å². The van der Waals surface area contributed by atoms with Gasteiger partial charge in [0, 0.05) is 52.7 Å². The van der Waals surface area contributed by atoms with E-state index in [9.17, 15) is 18.0 Å². The molecule has 0 bridgehead atoms. The molecule has 2 aliphatic heterocycles. The predicted octanol–water partition coefficient (Wildman–Crippen LogP) is 1.66. The van der Waals surface area contributed by atoms with E-state index in [4.69, 9.17) is 0 Å². The quantitative estimate of drug-likeness (QED) is 0.357. The van der Waals surface area contributed by atoms with Crippen LogP contribution >= 0.6 is 24.0 Å². The van der Waals surface area contributed by atoms with Crippen LogP contribution in [0.4, 0.5) is 13.2 Å². The van der Waals surface area contributed by atoms with Gasteiger partial charge in [0.1, 0.15) is 0 Å². The number of hydrogen-bond donors (Lipinski definition) is 2. The molecule has 2 aliphatic rings. The lowest BCUT2D eigenvalue weighted by molar-refractivity contribution is -0.143. The van der Waals surface area contributed by atoms with Crippen LogP contribution in [-0.2, 0) is 4.79 Å². The fraction of sp³-hybridized carbons (Fsp3) is 0.875. The van der Waals surface area contributed by atoms with Gasteiger partial charge in [-0.05, 0) is 25.2 Å². The highest BCUT2D eigenvalue weighted by Gasteiger charge is 2.35. The Balaban J connectivity index is 0.00000338. The molecule has 0 aromatic carbocycles. The lowest BCUT2D eigenvalue weighted by Crippen LogP contribution is -2.50. The molecule has 0 aliphatic carbocycles. The van der Waals surface area contributed by atoms with Crippen molar-refractivity contribution in [2.45, 2.75) is 37.9 Å². The van der Waals surface area contributed by atoms with E-state index in [-0.39, 0.29) is 35.9 Å². The highest BCUT2D eigenvalue weighted by atomic mass is 127. The zero-order valence-electron chi connectivity index (χ0n) is 15.3. The first kappa shape index (κ1) is 23.3. The first-order chi connectivity index (χ1) is 11.8. The fourth-order valence-corrected chi connectivity index (χ4v) is 3.54. The summed E-state index contributed by atoms with van der Waals surface area (Å²) < 4.78 is 37.5. The smallest absolute Gasteiger partial charge is 0.359 e. The van der Waals surface area contributed by atoms with E-state index in [0.717, 1.165) is 31.9 Å². The summed E-state index contributed by atoms with van der Waals surface area (Å²) in [5.41, 5.74) is 0. The van der Waals surface area contributed by atoms with Crippen molar-refractivity contribution in [3.8, 4) is 0 Å². The lowest BCUT2D eigenvalue weighted by atomic mass is 9.93. The van der Waals surface area contributed by atoms with Crippen molar-refractivity contribution in [3.05, 3.63) is 0 Å². The zero-order valence-corrected chi connectivity index (χ0v) is 17.6. The molecule has 2 saturated heterocycles. The standard InChI is InChI=1S/C16H28F3N5O.HI/c1-20-14(25)9-12-3-7-24(8-4-12)15(21-2)22-13-5-6-23(10-13)11-16(17,18)19;/h12-13H,3-11H2,1-2H3,(H,20,25)(H,21,22);1H. The number of alkyl halides is 3. The first-order valence-corrected chi connectivity index (χ1v) is 8.78. The van der Waals surface area contributed by atoms with Gasteiger partial charge >= 0.3 is 6.18 Å². The number of carbonyl (C=O) groups is 1. The van der Waals surface area contributed by atoms with Crippen molar-refractivity contribution in [3.63, 3.8) is 0 Å². The van der Waals surface area contributed by atoms with Gasteiger partial charge in [-0.3, -0.25) is 14.7 Å². The molecule has 26 heavy (non-hydrogen) atoms. The minimum absolute atomic E-state index is 0. The average Bonchev–Trinajstić information content (AvgIpc) is 2.98. The summed E-state index contributed by atoms with van der Waals surface area (Å²) in [6.07, 6.45) is -1.09. The van der Waals surface area contributed by atoms with E-state index in [1.165, 1.54) is 4.90 Å². The van der Waals surface area contributed by atoms with Crippen LogP contribution in [0.15, 0.2) is 4.99 Å². The summed E-state index contributed by atoms with van der Waals surface area (Å²) in [4.78, 5) is 19.3. The van der Waals surface area contributed by atoms with Crippen molar-refractivity contribution in [2.24, 2.45) is 10.9 Å². The van der Waals surface area contributed by atoms with Gasteiger partial charge in [-0.15, -0.1) is 24.0 Å². The summed E-state index contributed by atoms with van der Waals surface area (Å²) in [7, 11) is 3.34. The molecule has 1 amide bonds. The zero-order chi connectivity index (χ0) is 18.4. The van der Waals surface area contributed by atoms with Gasteiger partial charge in [0.25, 0.3) is 0 Å². The van der Waals surface area contributed by atoms with Gasteiger partial charge in [0.15, 0.2) is 5.96 Å². The van der Waals surface area contributed by atoms with Crippen molar-refractivity contribution < 1.29 is 18.0 Å². The van der Waals surface area contributed by atoms with E-state index in [0.29, 0.717) is 31.8 Å². The number of halogens is 4. The van der Waals surface area contributed by atoms with Crippen LogP contribution < -0.4 is 10.6 Å². The Bertz CT molecular complexity index is 481. The number of nitrogens with one attached hydrogen (secondary N) is 2. The molecule has 0 aromatic heterocycles. The molecule has 1 unspecified atom stereocenters. The second-order valence-corrected chi connectivity index (χ2v) is 6.84. The molecular weight excluding hydrogens is 462 g/mol. The summed E-state index contributed by atoms with van der Waals surface area (Å²) >= 11 is 0. The highest BCUT2D eigenvalue weighted by Crippen LogP contribution is 2.22. The molecule has 2 N–H and O–H groups in total. The van der Waals surface area contributed by atoms with E-state index >= 15 is 0 Å². The van der Waals surface area contributed by atoms with Gasteiger partial charge in [0.05, 0.1) is 6.54 Å². The number of amides is 1. The van der Waals surface area contributed by atoms with Crippen molar-refractivity contribution in [1.29, 1.82) is 0 Å². The number of carbonyl (C=O) groups excluding carboxylic acids is 1. The maximum Gasteiger partial charge on any atom is 0.401 e. The number of aliphatic imine (C=N–C) groups is 1. The third-order valence-corrected chi connectivity index (χ3v) is 4.89. The Hall–Kier alpha value is -0.780. The van der Waals surface area contributed by atoms with Crippen LogP contribution in [0.2, 0.25) is 0 Å². The summed E-state index contributed by atoms with van der Waals surface area (Å²) in [5.74, 6) is 1.19. The van der Waals surface area contributed by atoms with Gasteiger partial charge in [-0.1, -0.05) is 0 Å². The van der Waals surface area contributed by atoms with Crippen LogP contribution in [0.3, 0.4) is 0 Å². The molecule has 2 rings (SSSR count). The predicted molar refractivity (Wildman–Crippen MR) is 106 cm³/mol. The largest absolute Gasteiger partial charge is 0.401 e. The topological polar surface area (TPSA) is 60.0 Å². The molecule has 6 nitrogen and oxygen atoms in total. The second kappa shape index (κ2) is 10.5. The molecule has 0 aromatic rings. The van der Waals surface area contributed by atoms with Gasteiger partial charge in [-0.25, -0.2) is 0 Å². The molecule has 10 heteroatoms. The molecule has 0 spiro atoms. The number of likely N-dealkylation sites (tertiary alicyclic amines) is 2. The minimum Gasteiger partial charge on any atom is -0.359 e. The normalized spacial score (nSPS) is 22.9. The first-order valence-electron chi connectivity index (χ1n) is 8.78. The third-order valence-electron chi connectivity index (χ3n) is 4.89. The maximum absolute atomic E-state index is 12.5. The summed E-state index contributed by atoms with van der Waals surface area (Å²) in [6, 6.07) is -0.00959. The lowest BCUT2D eigenvalue weighted by Gasteiger charge is -2.35. The van der Waals surface area contributed by atoms with Crippen molar-refractivity contribution in [2.75, 3.05) is 46.8 Å². The van der Waals surface area contributed by atoms with Gasteiger partial charge in [0.2, 0.25) is 5.91 Å². The maximum atomic E-state index is 12.5. The third kappa shape index (κ3) is 7.45. The minimum atomic E-state index is -4.15. The molecule has 1 atom stereocenters. The number of rotatable bonds is 4. The van der Waals surface area contributed by atoms with Crippen LogP contribution in [0.1, 0.15) is 25.7 Å². The Morgan fingerprint density at radius 2 is 1.85 bits per heavy atom. The number of guanidine groups is 1. The van der Waals surface area contributed by atoms with Crippen LogP contribution in [0.25, 0.3) is 0 Å². The Morgan fingerprint density at radius 3 is 2.38 bits per heavy atom. The van der Waals surface area contributed by atoms with E-state index in [1.54, 1.807) is 14.1 Å². The Morgan fingerprint density at radius 1 is 1.19 bits per heavy atom. The van der Waals surface area contributed by atoms with E-state index in [1.807, 2.05) is 0 Å². The Kier molecular flexibility index (Phi) is 9.42. The summed E-state index contributed by atoms with van der Waals surface area (Å²) in [5, 5.41) is 5.96. The molecule has 152 valence electrons. The van der Waals surface area contributed by atoms with E-state index in [2.05, 4.69) is 20.5 Å². The average molecular weight is 491 g/mol. The van der Waals surface area contributed by atoms with Crippen LogP contribution in [-0.4, -0.2) is 80.7 Å². The van der Waals surface area contributed by atoms with Crippen molar-refractivity contribution in [1.82, 2.24) is 20.4 Å². The molecule has 0 saturated carbocycles.